The summed E-state index contributed by atoms with van der Waals surface area (Å²) >= 11 is 0. The van der Waals surface area contributed by atoms with Crippen molar-refractivity contribution in [2.75, 3.05) is 18.0 Å². The fraction of sp³-hybridized carbons (Fsp3) is 0.333. The molecule has 2 heterocycles. The summed E-state index contributed by atoms with van der Waals surface area (Å²) in [6.45, 7) is 1.68. The van der Waals surface area contributed by atoms with Crippen molar-refractivity contribution >= 4 is 17.5 Å². The number of anilines is 1. The van der Waals surface area contributed by atoms with Crippen molar-refractivity contribution in [1.29, 1.82) is 0 Å². The molecular weight excluding hydrogens is 312 g/mol. The summed E-state index contributed by atoms with van der Waals surface area (Å²) in [6, 6.07) is 17.1. The number of amides is 2. The van der Waals surface area contributed by atoms with E-state index in [1.54, 1.807) is 4.90 Å². The number of carbonyl (C=O) groups is 2. The first kappa shape index (κ1) is 15.9. The van der Waals surface area contributed by atoms with Crippen molar-refractivity contribution in [2.24, 2.45) is 0 Å². The molecule has 2 aliphatic rings. The normalized spacial score (nSPS) is 19.8. The Labute approximate surface area is 148 Å². The van der Waals surface area contributed by atoms with Crippen LogP contribution in [0.2, 0.25) is 0 Å². The summed E-state index contributed by atoms with van der Waals surface area (Å²) in [6.07, 6.45) is 3.70. The van der Waals surface area contributed by atoms with Gasteiger partial charge in [0, 0.05) is 24.3 Å². The van der Waals surface area contributed by atoms with E-state index in [9.17, 15) is 9.59 Å². The van der Waals surface area contributed by atoms with Crippen LogP contribution < -0.4 is 4.90 Å². The third-order valence-corrected chi connectivity index (χ3v) is 5.19. The molecule has 2 amide bonds. The van der Waals surface area contributed by atoms with E-state index in [4.69, 9.17) is 0 Å². The van der Waals surface area contributed by atoms with E-state index in [1.165, 1.54) is 6.42 Å². The Hall–Kier alpha value is -2.62. The van der Waals surface area contributed by atoms with E-state index in [0.717, 1.165) is 37.2 Å². The Morgan fingerprint density at radius 2 is 1.60 bits per heavy atom. The third kappa shape index (κ3) is 2.93. The summed E-state index contributed by atoms with van der Waals surface area (Å²) in [7, 11) is 0. The first-order valence-electron chi connectivity index (χ1n) is 9.01. The molecule has 4 rings (SSSR count). The van der Waals surface area contributed by atoms with Crippen LogP contribution >= 0.6 is 0 Å². The molecular formula is C21H22N2O2. The predicted octanol–water partition coefficient (Wildman–Crippen LogP) is 3.79. The van der Waals surface area contributed by atoms with Gasteiger partial charge < -0.3 is 9.80 Å². The summed E-state index contributed by atoms with van der Waals surface area (Å²) in [5.41, 5.74) is 2.52. The number of piperidine rings is 1. The maximum Gasteiger partial charge on any atom is 0.259 e. The van der Waals surface area contributed by atoms with Crippen molar-refractivity contribution in [3.8, 4) is 0 Å². The number of benzene rings is 2. The van der Waals surface area contributed by atoms with Crippen LogP contribution in [0.5, 0.6) is 0 Å². The van der Waals surface area contributed by atoms with E-state index in [-0.39, 0.29) is 17.9 Å². The third-order valence-electron chi connectivity index (χ3n) is 5.19. The Bertz CT molecular complexity index is 781. The molecule has 2 aromatic carbocycles. The highest BCUT2D eigenvalue weighted by Crippen LogP contribution is 2.39. The van der Waals surface area contributed by atoms with Crippen LogP contribution in [0, 0.1) is 0 Å². The summed E-state index contributed by atoms with van der Waals surface area (Å²) in [4.78, 5) is 29.5. The molecule has 0 saturated carbocycles. The number of rotatable bonds is 3. The van der Waals surface area contributed by atoms with Gasteiger partial charge in [0.25, 0.3) is 5.91 Å². The average molecular weight is 334 g/mol. The van der Waals surface area contributed by atoms with Gasteiger partial charge in [-0.1, -0.05) is 36.4 Å². The molecule has 1 unspecified atom stereocenters. The standard InChI is InChI=1S/C21H22N2O2/c24-20(22-13-7-2-8-14-22)15-19-17-11-5-6-12-18(17)21(25)23(19)16-9-3-1-4-10-16/h1,3-6,9-12,19H,2,7-8,13-15H2. The molecule has 0 N–H and O–H groups in total. The maximum atomic E-state index is 13.0. The van der Waals surface area contributed by atoms with Crippen molar-refractivity contribution < 1.29 is 9.59 Å². The van der Waals surface area contributed by atoms with Gasteiger partial charge in [-0.2, -0.15) is 0 Å². The molecule has 1 atom stereocenters. The van der Waals surface area contributed by atoms with E-state index in [0.29, 0.717) is 12.0 Å². The summed E-state index contributed by atoms with van der Waals surface area (Å²) < 4.78 is 0. The lowest BCUT2D eigenvalue weighted by Crippen LogP contribution is -2.38. The topological polar surface area (TPSA) is 40.6 Å². The zero-order valence-corrected chi connectivity index (χ0v) is 14.2. The molecule has 2 aromatic rings. The second-order valence-corrected chi connectivity index (χ2v) is 6.76. The number of hydrogen-bond acceptors (Lipinski definition) is 2. The monoisotopic (exact) mass is 334 g/mol. The maximum absolute atomic E-state index is 13.0. The second-order valence-electron chi connectivity index (χ2n) is 6.76. The average Bonchev–Trinajstić information content (AvgIpc) is 2.95. The van der Waals surface area contributed by atoms with Crippen molar-refractivity contribution in [3.63, 3.8) is 0 Å². The van der Waals surface area contributed by atoms with E-state index in [1.807, 2.05) is 59.5 Å². The molecule has 0 aliphatic carbocycles. The number of hydrogen-bond donors (Lipinski definition) is 0. The molecule has 4 heteroatoms. The zero-order valence-electron chi connectivity index (χ0n) is 14.2. The van der Waals surface area contributed by atoms with E-state index in [2.05, 4.69) is 0 Å². The van der Waals surface area contributed by atoms with Gasteiger partial charge in [0.15, 0.2) is 0 Å². The molecule has 0 aromatic heterocycles. The second kappa shape index (κ2) is 6.71. The van der Waals surface area contributed by atoms with Crippen LogP contribution in [0.3, 0.4) is 0 Å². The molecule has 128 valence electrons. The molecule has 4 nitrogen and oxygen atoms in total. The van der Waals surface area contributed by atoms with Gasteiger partial charge in [-0.3, -0.25) is 9.59 Å². The van der Waals surface area contributed by atoms with Gasteiger partial charge in [-0.15, -0.1) is 0 Å². The number of nitrogens with zero attached hydrogens (tertiary/aromatic N) is 2. The lowest BCUT2D eigenvalue weighted by atomic mass is 10.0. The van der Waals surface area contributed by atoms with Crippen LogP contribution in [-0.4, -0.2) is 29.8 Å². The molecule has 25 heavy (non-hydrogen) atoms. The summed E-state index contributed by atoms with van der Waals surface area (Å²) in [5, 5.41) is 0. The number of fused-ring (bicyclic) bond motifs is 1. The highest BCUT2D eigenvalue weighted by atomic mass is 16.2. The van der Waals surface area contributed by atoms with Crippen LogP contribution in [-0.2, 0) is 4.79 Å². The van der Waals surface area contributed by atoms with Gasteiger partial charge >= 0.3 is 0 Å². The Morgan fingerprint density at radius 3 is 2.36 bits per heavy atom. The fourth-order valence-corrected chi connectivity index (χ4v) is 3.92. The Kier molecular flexibility index (Phi) is 4.26. The zero-order chi connectivity index (χ0) is 17.2. The molecule has 0 spiro atoms. The molecule has 0 radical (unpaired) electrons. The highest BCUT2D eigenvalue weighted by Gasteiger charge is 2.39. The molecule has 0 bridgehead atoms. The number of carbonyl (C=O) groups excluding carboxylic acids is 2. The van der Waals surface area contributed by atoms with E-state index >= 15 is 0 Å². The molecule has 2 aliphatic heterocycles. The fourth-order valence-electron chi connectivity index (χ4n) is 3.92. The van der Waals surface area contributed by atoms with Gasteiger partial charge in [0.05, 0.1) is 12.5 Å². The van der Waals surface area contributed by atoms with Gasteiger partial charge in [0.2, 0.25) is 5.91 Å². The quantitative estimate of drug-likeness (QED) is 0.857. The van der Waals surface area contributed by atoms with Gasteiger partial charge in [-0.25, -0.2) is 0 Å². The predicted molar refractivity (Wildman–Crippen MR) is 97.5 cm³/mol. The largest absolute Gasteiger partial charge is 0.343 e. The minimum Gasteiger partial charge on any atom is -0.343 e. The van der Waals surface area contributed by atoms with Crippen LogP contribution in [0.15, 0.2) is 54.6 Å². The molecule has 1 fully saturated rings. The van der Waals surface area contributed by atoms with Gasteiger partial charge in [0.1, 0.15) is 0 Å². The lowest BCUT2D eigenvalue weighted by Gasteiger charge is -2.30. The van der Waals surface area contributed by atoms with E-state index < -0.39 is 0 Å². The highest BCUT2D eigenvalue weighted by molar-refractivity contribution is 6.11. The van der Waals surface area contributed by atoms with Crippen molar-refractivity contribution in [1.82, 2.24) is 4.90 Å². The van der Waals surface area contributed by atoms with Crippen LogP contribution in [0.4, 0.5) is 5.69 Å². The van der Waals surface area contributed by atoms with Crippen LogP contribution in [0.25, 0.3) is 0 Å². The van der Waals surface area contributed by atoms with Crippen LogP contribution in [0.1, 0.15) is 47.6 Å². The van der Waals surface area contributed by atoms with Crippen molar-refractivity contribution in [2.45, 2.75) is 31.7 Å². The number of para-hydroxylation sites is 1. The lowest BCUT2D eigenvalue weighted by molar-refractivity contribution is -0.132. The SMILES string of the molecule is O=C(CC1c2ccccc2C(=O)N1c1ccccc1)N1CCCCC1. The Balaban J connectivity index is 1.66. The first-order chi connectivity index (χ1) is 12.3. The summed E-state index contributed by atoms with van der Waals surface area (Å²) in [5.74, 6) is 0.133. The molecule has 1 saturated heterocycles. The van der Waals surface area contributed by atoms with Crippen molar-refractivity contribution in [3.05, 3.63) is 65.7 Å². The van der Waals surface area contributed by atoms with Gasteiger partial charge in [-0.05, 0) is 43.0 Å². The first-order valence-corrected chi connectivity index (χ1v) is 9.01. The minimum atomic E-state index is -0.222. The Morgan fingerprint density at radius 1 is 0.920 bits per heavy atom. The minimum absolute atomic E-state index is 0.0155. The smallest absolute Gasteiger partial charge is 0.259 e. The number of likely N-dealkylation sites (tertiary alicyclic amines) is 1.